The van der Waals surface area contributed by atoms with Crippen molar-refractivity contribution in [3.05, 3.63) is 36.5 Å². The molecule has 0 aliphatic rings. The number of nitrogens with one attached hydrogen (secondary N) is 1. The number of hydrogen-bond acceptors (Lipinski definition) is 2. The minimum atomic E-state index is -0.178. The number of aliphatic hydroxyl groups excluding tert-OH is 1. The van der Waals surface area contributed by atoms with E-state index >= 15 is 0 Å². The summed E-state index contributed by atoms with van der Waals surface area (Å²) in [5.41, 5.74) is 0. The molecule has 2 N–H and O–H groups in total. The molecule has 0 aromatic carbocycles. The number of unbranched alkanes of at least 4 members (excludes halogenated alkanes) is 9. The molecular formula is C20H35NO2. The monoisotopic (exact) mass is 321 g/mol. The number of amides is 1. The van der Waals surface area contributed by atoms with E-state index in [1.54, 1.807) is 6.08 Å². The van der Waals surface area contributed by atoms with Crippen LogP contribution in [0.15, 0.2) is 36.5 Å². The summed E-state index contributed by atoms with van der Waals surface area (Å²) >= 11 is 0. The lowest BCUT2D eigenvalue weighted by Crippen LogP contribution is -2.24. The van der Waals surface area contributed by atoms with Crippen LogP contribution in [0.25, 0.3) is 0 Å². The van der Waals surface area contributed by atoms with Crippen LogP contribution in [-0.2, 0) is 4.79 Å². The van der Waals surface area contributed by atoms with Gasteiger partial charge in [0.15, 0.2) is 0 Å². The maximum absolute atomic E-state index is 11.2. The van der Waals surface area contributed by atoms with Gasteiger partial charge < -0.3 is 10.4 Å². The highest BCUT2D eigenvalue weighted by molar-refractivity contribution is 5.87. The Kier molecular flexibility index (Phi) is 17.6. The van der Waals surface area contributed by atoms with Gasteiger partial charge in [-0.2, -0.15) is 0 Å². The van der Waals surface area contributed by atoms with Crippen LogP contribution in [0.1, 0.15) is 71.1 Å². The van der Waals surface area contributed by atoms with Gasteiger partial charge in [-0.1, -0.05) is 88.7 Å². The fourth-order valence-electron chi connectivity index (χ4n) is 2.26. The predicted octanol–water partition coefficient (Wildman–Crippen LogP) is 4.68. The largest absolute Gasteiger partial charge is 0.395 e. The Morgan fingerprint density at radius 1 is 0.870 bits per heavy atom. The lowest BCUT2D eigenvalue weighted by Gasteiger charge is -2.00. The number of carbonyl (C=O) groups is 1. The molecule has 0 spiro atoms. The molecule has 0 heterocycles. The molecule has 0 fully saturated rings. The van der Waals surface area contributed by atoms with Crippen molar-refractivity contribution in [1.82, 2.24) is 5.32 Å². The van der Waals surface area contributed by atoms with Crippen molar-refractivity contribution in [3.63, 3.8) is 0 Å². The van der Waals surface area contributed by atoms with E-state index in [2.05, 4.69) is 18.3 Å². The molecule has 0 saturated heterocycles. The van der Waals surface area contributed by atoms with E-state index in [0.29, 0.717) is 6.54 Å². The maximum atomic E-state index is 11.2. The second-order valence-electron chi connectivity index (χ2n) is 5.80. The molecule has 0 radical (unpaired) electrons. The van der Waals surface area contributed by atoms with Crippen molar-refractivity contribution in [2.75, 3.05) is 13.2 Å². The topological polar surface area (TPSA) is 49.3 Å². The summed E-state index contributed by atoms with van der Waals surface area (Å²) in [6, 6.07) is 0. The van der Waals surface area contributed by atoms with Crippen molar-refractivity contribution >= 4 is 5.91 Å². The Balaban J connectivity index is 3.38. The molecule has 3 heteroatoms. The van der Waals surface area contributed by atoms with Crippen LogP contribution < -0.4 is 5.32 Å². The Bertz CT molecular complexity index is 346. The number of allylic oxidation sites excluding steroid dienone is 5. The summed E-state index contributed by atoms with van der Waals surface area (Å²) < 4.78 is 0. The molecule has 0 aromatic rings. The summed E-state index contributed by atoms with van der Waals surface area (Å²) in [6.07, 6.45) is 24.5. The van der Waals surface area contributed by atoms with Crippen LogP contribution in [0.4, 0.5) is 0 Å². The summed E-state index contributed by atoms with van der Waals surface area (Å²) in [4.78, 5) is 11.2. The van der Waals surface area contributed by atoms with E-state index < -0.39 is 0 Å². The van der Waals surface area contributed by atoms with Crippen LogP contribution >= 0.6 is 0 Å². The fourth-order valence-corrected chi connectivity index (χ4v) is 2.26. The normalized spacial score (nSPS) is 11.9. The average Bonchev–Trinajstić information content (AvgIpc) is 2.56. The number of carbonyl (C=O) groups excluding carboxylic acids is 1. The SMILES string of the molecule is CCCCCCCCCCC/C=C/C=C/C=C/C(=O)NCCO. The molecule has 0 rings (SSSR count). The van der Waals surface area contributed by atoms with E-state index in [1.807, 2.05) is 18.2 Å². The second kappa shape index (κ2) is 18.7. The Labute approximate surface area is 142 Å². The first-order valence-corrected chi connectivity index (χ1v) is 9.19. The third-order valence-corrected chi connectivity index (χ3v) is 3.60. The van der Waals surface area contributed by atoms with Crippen molar-refractivity contribution in [3.8, 4) is 0 Å². The van der Waals surface area contributed by atoms with Crippen LogP contribution in [0.3, 0.4) is 0 Å². The Morgan fingerprint density at radius 2 is 1.48 bits per heavy atom. The molecule has 0 bridgehead atoms. The Hall–Kier alpha value is -1.35. The first-order chi connectivity index (χ1) is 11.3. The average molecular weight is 322 g/mol. The van der Waals surface area contributed by atoms with Crippen molar-refractivity contribution in [1.29, 1.82) is 0 Å². The van der Waals surface area contributed by atoms with Gasteiger partial charge in [-0.15, -0.1) is 0 Å². The molecule has 3 nitrogen and oxygen atoms in total. The highest BCUT2D eigenvalue weighted by atomic mass is 16.3. The zero-order valence-electron chi connectivity index (χ0n) is 14.8. The second-order valence-corrected chi connectivity index (χ2v) is 5.80. The lowest BCUT2D eigenvalue weighted by atomic mass is 10.1. The van der Waals surface area contributed by atoms with Gasteiger partial charge in [-0.25, -0.2) is 0 Å². The maximum Gasteiger partial charge on any atom is 0.244 e. The van der Waals surface area contributed by atoms with Crippen LogP contribution in [0, 0.1) is 0 Å². The summed E-state index contributed by atoms with van der Waals surface area (Å²) in [6.45, 7) is 2.53. The van der Waals surface area contributed by atoms with E-state index in [4.69, 9.17) is 5.11 Å². The molecule has 23 heavy (non-hydrogen) atoms. The van der Waals surface area contributed by atoms with Gasteiger partial charge >= 0.3 is 0 Å². The third kappa shape index (κ3) is 18.6. The quantitative estimate of drug-likeness (QED) is 0.261. The van der Waals surface area contributed by atoms with E-state index in [0.717, 1.165) is 6.42 Å². The van der Waals surface area contributed by atoms with Crippen LogP contribution in [0.2, 0.25) is 0 Å². The molecule has 132 valence electrons. The van der Waals surface area contributed by atoms with Gasteiger partial charge in [0.05, 0.1) is 6.61 Å². The highest BCUT2D eigenvalue weighted by Gasteiger charge is 1.91. The molecule has 0 unspecified atom stereocenters. The summed E-state index contributed by atoms with van der Waals surface area (Å²) in [7, 11) is 0. The van der Waals surface area contributed by atoms with Crippen LogP contribution in [-0.4, -0.2) is 24.2 Å². The van der Waals surface area contributed by atoms with Gasteiger partial charge in [0.1, 0.15) is 0 Å². The molecule has 1 amide bonds. The van der Waals surface area contributed by atoms with Crippen molar-refractivity contribution < 1.29 is 9.90 Å². The molecule has 0 atom stereocenters. The fraction of sp³-hybridized carbons (Fsp3) is 0.650. The van der Waals surface area contributed by atoms with E-state index in [9.17, 15) is 4.79 Å². The lowest BCUT2D eigenvalue weighted by molar-refractivity contribution is -0.116. The van der Waals surface area contributed by atoms with Gasteiger partial charge in [-0.05, 0) is 12.8 Å². The summed E-state index contributed by atoms with van der Waals surface area (Å²) in [5, 5.41) is 11.1. The minimum Gasteiger partial charge on any atom is -0.395 e. The van der Waals surface area contributed by atoms with E-state index in [1.165, 1.54) is 63.9 Å². The molecule has 0 saturated carbocycles. The predicted molar refractivity (Wildman–Crippen MR) is 99.4 cm³/mol. The minimum absolute atomic E-state index is 0.0307. The number of hydrogen-bond donors (Lipinski definition) is 2. The number of rotatable bonds is 15. The number of aliphatic hydroxyl groups is 1. The molecular weight excluding hydrogens is 286 g/mol. The third-order valence-electron chi connectivity index (χ3n) is 3.60. The standard InChI is InChI=1S/C20H35NO2/c1-2-3-4-5-6-7-8-9-10-11-12-13-14-15-16-17-20(23)21-18-19-22/h12-17,22H,2-11,18-19H2,1H3,(H,21,23)/b13-12+,15-14+,17-16+. The zero-order valence-corrected chi connectivity index (χ0v) is 14.8. The van der Waals surface area contributed by atoms with Crippen molar-refractivity contribution in [2.24, 2.45) is 0 Å². The van der Waals surface area contributed by atoms with E-state index in [-0.39, 0.29) is 12.5 Å². The highest BCUT2D eigenvalue weighted by Crippen LogP contribution is 2.10. The first kappa shape index (κ1) is 21.6. The smallest absolute Gasteiger partial charge is 0.244 e. The van der Waals surface area contributed by atoms with Gasteiger partial charge in [0.2, 0.25) is 5.91 Å². The van der Waals surface area contributed by atoms with Gasteiger partial charge in [0.25, 0.3) is 0 Å². The molecule has 0 aromatic heterocycles. The molecule has 0 aliphatic carbocycles. The summed E-state index contributed by atoms with van der Waals surface area (Å²) in [5.74, 6) is -0.178. The first-order valence-electron chi connectivity index (χ1n) is 9.19. The van der Waals surface area contributed by atoms with Gasteiger partial charge in [-0.3, -0.25) is 4.79 Å². The van der Waals surface area contributed by atoms with Crippen molar-refractivity contribution in [2.45, 2.75) is 71.1 Å². The zero-order chi connectivity index (χ0) is 17.0. The Morgan fingerprint density at radius 3 is 2.13 bits per heavy atom. The molecule has 0 aliphatic heterocycles. The van der Waals surface area contributed by atoms with Gasteiger partial charge in [0, 0.05) is 12.6 Å². The van der Waals surface area contributed by atoms with Crippen LogP contribution in [0.5, 0.6) is 0 Å².